The molecule has 0 aliphatic carbocycles. The van der Waals surface area contributed by atoms with Gasteiger partial charge in [-0.1, -0.05) is 0 Å². The van der Waals surface area contributed by atoms with Crippen LogP contribution in [0.2, 0.25) is 0 Å². The van der Waals surface area contributed by atoms with Crippen LogP contribution in [0.25, 0.3) is 22.4 Å². The maximum absolute atomic E-state index is 12.8. The molecule has 3 aromatic rings. The highest BCUT2D eigenvalue weighted by atomic mass is 32.2. The molecule has 27 heavy (non-hydrogen) atoms. The molecule has 0 amide bonds. The van der Waals surface area contributed by atoms with Gasteiger partial charge in [-0.15, -0.1) is 0 Å². The van der Waals surface area contributed by atoms with Crippen LogP contribution in [-0.4, -0.2) is 42.2 Å². The first-order valence-corrected chi connectivity index (χ1v) is 10.3. The van der Waals surface area contributed by atoms with E-state index >= 15 is 0 Å². The van der Waals surface area contributed by atoms with E-state index in [0.717, 1.165) is 35.5 Å². The Morgan fingerprint density at radius 1 is 1.00 bits per heavy atom. The Balaban J connectivity index is 1.59. The van der Waals surface area contributed by atoms with E-state index in [9.17, 15) is 8.42 Å². The molecule has 0 unspecified atom stereocenters. The maximum atomic E-state index is 12.8. The lowest BCUT2D eigenvalue weighted by atomic mass is 10.2. The predicted molar refractivity (Wildman–Crippen MR) is 100 cm³/mol. The summed E-state index contributed by atoms with van der Waals surface area (Å²) in [4.78, 5) is 4.99. The number of benzene rings is 2. The number of ether oxygens (including phenoxy) is 2. The monoisotopic (exact) mass is 385 g/mol. The molecule has 2 aliphatic heterocycles. The molecule has 8 heteroatoms. The largest absolute Gasteiger partial charge is 0.454 e. The fourth-order valence-corrected chi connectivity index (χ4v) is 5.25. The van der Waals surface area contributed by atoms with E-state index in [1.165, 1.54) is 0 Å². The molecule has 5 rings (SSSR count). The van der Waals surface area contributed by atoms with E-state index in [1.54, 1.807) is 16.4 Å². The predicted octanol–water partition coefficient (Wildman–Crippen LogP) is 2.75. The van der Waals surface area contributed by atoms with Gasteiger partial charge in [0, 0.05) is 25.7 Å². The standard InChI is InChI=1S/C19H19N3O4S/c1-21-16-6-5-14(27(23,24)22-8-2-3-9-22)11-15(16)20-19(21)13-4-7-17-18(10-13)26-12-25-17/h4-7,10-11H,2-3,8-9,12H2,1H3. The highest BCUT2D eigenvalue weighted by Crippen LogP contribution is 2.36. The fraction of sp³-hybridized carbons (Fsp3) is 0.316. The molecule has 2 aliphatic rings. The van der Waals surface area contributed by atoms with Gasteiger partial charge in [0.1, 0.15) is 5.82 Å². The van der Waals surface area contributed by atoms with Gasteiger partial charge in [0.25, 0.3) is 0 Å². The van der Waals surface area contributed by atoms with Crippen molar-refractivity contribution in [3.05, 3.63) is 36.4 Å². The third-order valence-electron chi connectivity index (χ3n) is 5.19. The smallest absolute Gasteiger partial charge is 0.243 e. The van der Waals surface area contributed by atoms with Gasteiger partial charge in [-0.3, -0.25) is 0 Å². The van der Waals surface area contributed by atoms with Crippen molar-refractivity contribution in [3.63, 3.8) is 0 Å². The second-order valence-electron chi connectivity index (χ2n) is 6.82. The Labute approximate surface area is 157 Å². The van der Waals surface area contributed by atoms with Crippen LogP contribution < -0.4 is 9.47 Å². The van der Waals surface area contributed by atoms with Crippen LogP contribution in [0, 0.1) is 0 Å². The molecule has 0 bridgehead atoms. The number of aryl methyl sites for hydroxylation is 1. The minimum Gasteiger partial charge on any atom is -0.454 e. The number of nitrogens with zero attached hydrogens (tertiary/aromatic N) is 3. The number of fused-ring (bicyclic) bond motifs is 2. The fourth-order valence-electron chi connectivity index (χ4n) is 3.71. The Bertz CT molecular complexity index is 1150. The van der Waals surface area contributed by atoms with Crippen molar-refractivity contribution < 1.29 is 17.9 Å². The SMILES string of the molecule is Cn1c(-c2ccc3c(c2)OCO3)nc2cc(S(=O)(=O)N3CCCC3)ccc21. The Morgan fingerprint density at radius 2 is 1.78 bits per heavy atom. The molecule has 2 aromatic carbocycles. The van der Waals surface area contributed by atoms with Crippen LogP contribution in [0.5, 0.6) is 11.5 Å². The molecule has 0 saturated carbocycles. The quantitative estimate of drug-likeness (QED) is 0.693. The minimum absolute atomic E-state index is 0.221. The van der Waals surface area contributed by atoms with Crippen molar-refractivity contribution in [3.8, 4) is 22.9 Å². The van der Waals surface area contributed by atoms with E-state index in [4.69, 9.17) is 14.5 Å². The molecule has 1 aromatic heterocycles. The first-order chi connectivity index (χ1) is 13.0. The number of rotatable bonds is 3. The van der Waals surface area contributed by atoms with Gasteiger partial charge in [0.15, 0.2) is 11.5 Å². The first-order valence-electron chi connectivity index (χ1n) is 8.91. The van der Waals surface area contributed by atoms with E-state index < -0.39 is 10.0 Å². The van der Waals surface area contributed by atoms with Gasteiger partial charge in [-0.05, 0) is 49.2 Å². The molecule has 3 heterocycles. The summed E-state index contributed by atoms with van der Waals surface area (Å²) in [5.74, 6) is 2.16. The Morgan fingerprint density at radius 3 is 2.59 bits per heavy atom. The number of imidazole rings is 1. The average Bonchev–Trinajstić information content (AvgIpc) is 3.41. The molecule has 1 saturated heterocycles. The lowest BCUT2D eigenvalue weighted by Crippen LogP contribution is -2.27. The van der Waals surface area contributed by atoms with Crippen molar-refractivity contribution in [1.82, 2.24) is 13.9 Å². The van der Waals surface area contributed by atoms with Crippen molar-refractivity contribution >= 4 is 21.1 Å². The van der Waals surface area contributed by atoms with Crippen LogP contribution in [0.3, 0.4) is 0 Å². The zero-order valence-corrected chi connectivity index (χ0v) is 15.7. The number of aromatic nitrogens is 2. The summed E-state index contributed by atoms with van der Waals surface area (Å²) in [6.45, 7) is 1.40. The maximum Gasteiger partial charge on any atom is 0.243 e. The molecule has 1 fully saturated rings. The van der Waals surface area contributed by atoms with Gasteiger partial charge in [-0.25, -0.2) is 13.4 Å². The van der Waals surface area contributed by atoms with Crippen LogP contribution in [0.4, 0.5) is 0 Å². The van der Waals surface area contributed by atoms with Gasteiger partial charge in [-0.2, -0.15) is 4.31 Å². The number of hydrogen-bond donors (Lipinski definition) is 0. The number of sulfonamides is 1. The van der Waals surface area contributed by atoms with Gasteiger partial charge < -0.3 is 14.0 Å². The highest BCUT2D eigenvalue weighted by molar-refractivity contribution is 7.89. The lowest BCUT2D eigenvalue weighted by molar-refractivity contribution is 0.174. The van der Waals surface area contributed by atoms with Crippen molar-refractivity contribution in [2.75, 3.05) is 19.9 Å². The van der Waals surface area contributed by atoms with E-state index in [1.807, 2.05) is 35.9 Å². The number of hydrogen-bond acceptors (Lipinski definition) is 5. The summed E-state index contributed by atoms with van der Waals surface area (Å²) in [5.41, 5.74) is 2.43. The third-order valence-corrected chi connectivity index (χ3v) is 7.08. The zero-order chi connectivity index (χ0) is 18.6. The summed E-state index contributed by atoms with van der Waals surface area (Å²) in [7, 11) is -1.54. The van der Waals surface area contributed by atoms with Gasteiger partial charge >= 0.3 is 0 Å². The highest BCUT2D eigenvalue weighted by Gasteiger charge is 2.28. The summed E-state index contributed by atoms with van der Waals surface area (Å²) in [5, 5.41) is 0. The van der Waals surface area contributed by atoms with E-state index in [2.05, 4.69) is 0 Å². The second kappa shape index (κ2) is 5.97. The Hall–Kier alpha value is -2.58. The average molecular weight is 385 g/mol. The lowest BCUT2D eigenvalue weighted by Gasteiger charge is -2.15. The zero-order valence-electron chi connectivity index (χ0n) is 14.9. The molecule has 7 nitrogen and oxygen atoms in total. The van der Waals surface area contributed by atoms with Crippen LogP contribution in [0.15, 0.2) is 41.3 Å². The van der Waals surface area contributed by atoms with Crippen LogP contribution in [0.1, 0.15) is 12.8 Å². The summed E-state index contributed by atoms with van der Waals surface area (Å²) < 4.78 is 40.0. The molecule has 140 valence electrons. The molecule has 0 atom stereocenters. The molecular formula is C19H19N3O4S. The van der Waals surface area contributed by atoms with Gasteiger partial charge in [0.2, 0.25) is 16.8 Å². The van der Waals surface area contributed by atoms with Crippen molar-refractivity contribution in [2.24, 2.45) is 7.05 Å². The van der Waals surface area contributed by atoms with Crippen molar-refractivity contribution in [2.45, 2.75) is 17.7 Å². The molecule has 0 spiro atoms. The third kappa shape index (κ3) is 2.59. The van der Waals surface area contributed by atoms with E-state index in [0.29, 0.717) is 29.3 Å². The minimum atomic E-state index is -3.46. The second-order valence-corrected chi connectivity index (χ2v) is 8.76. The van der Waals surface area contributed by atoms with Gasteiger partial charge in [0.05, 0.1) is 15.9 Å². The molecule has 0 N–H and O–H groups in total. The van der Waals surface area contributed by atoms with Crippen molar-refractivity contribution in [1.29, 1.82) is 0 Å². The summed E-state index contributed by atoms with van der Waals surface area (Å²) >= 11 is 0. The van der Waals surface area contributed by atoms with E-state index in [-0.39, 0.29) is 6.79 Å². The molecule has 0 radical (unpaired) electrons. The molecular weight excluding hydrogens is 366 g/mol. The van der Waals surface area contributed by atoms with Crippen LogP contribution >= 0.6 is 0 Å². The Kier molecular flexibility index (Phi) is 3.66. The normalized spacial score (nSPS) is 17.1. The summed E-state index contributed by atoms with van der Waals surface area (Å²) in [6, 6.07) is 10.8. The topological polar surface area (TPSA) is 73.7 Å². The van der Waals surface area contributed by atoms with Crippen LogP contribution in [-0.2, 0) is 17.1 Å². The first kappa shape index (κ1) is 16.6. The summed E-state index contributed by atoms with van der Waals surface area (Å²) in [6.07, 6.45) is 1.83.